The highest BCUT2D eigenvalue weighted by Gasteiger charge is 2.27. The third-order valence-corrected chi connectivity index (χ3v) is 6.04. The molecule has 2 aromatic heterocycles. The van der Waals surface area contributed by atoms with Crippen LogP contribution >= 0.6 is 15.9 Å². The zero-order valence-electron chi connectivity index (χ0n) is 15.8. The molecular formula is C22H24BrN3O. The maximum atomic E-state index is 13.2. The monoisotopic (exact) mass is 425 g/mol. The molecule has 1 fully saturated rings. The number of hydrogen-bond acceptors (Lipinski definition) is 2. The number of fused-ring (bicyclic) bond motifs is 1. The largest absolute Gasteiger partial charge is 0.337 e. The molecule has 0 N–H and O–H groups in total. The number of aromatic nitrogens is 2. The zero-order valence-corrected chi connectivity index (χ0v) is 17.4. The number of pyridine rings is 1. The number of nitrogens with zero attached hydrogens (tertiary/aromatic N) is 3. The number of rotatable bonds is 3. The number of carbonyl (C=O) groups is 1. The predicted molar refractivity (Wildman–Crippen MR) is 111 cm³/mol. The fourth-order valence-corrected chi connectivity index (χ4v) is 4.68. The first-order chi connectivity index (χ1) is 13.0. The number of amides is 1. The number of piperidine rings is 1. The molecule has 1 saturated heterocycles. The van der Waals surface area contributed by atoms with E-state index in [9.17, 15) is 4.79 Å². The van der Waals surface area contributed by atoms with Gasteiger partial charge in [0.1, 0.15) is 5.69 Å². The lowest BCUT2D eigenvalue weighted by Crippen LogP contribution is -2.39. The lowest BCUT2D eigenvalue weighted by molar-refractivity contribution is 0.0682. The molecule has 0 atom stereocenters. The molecule has 1 aliphatic heterocycles. The summed E-state index contributed by atoms with van der Waals surface area (Å²) in [4.78, 5) is 19.8. The van der Waals surface area contributed by atoms with Gasteiger partial charge in [0.2, 0.25) is 0 Å². The molecule has 5 heteroatoms. The van der Waals surface area contributed by atoms with Gasteiger partial charge in [-0.05, 0) is 72.2 Å². The topological polar surface area (TPSA) is 37.6 Å². The SMILES string of the molecule is Cc1cc(Br)c2nc(C)c(C(=O)N3CCC(Cc4ccccc4)CC3)n2c1. The number of imidazole rings is 1. The highest BCUT2D eigenvalue weighted by Crippen LogP contribution is 2.26. The second-order valence-electron chi connectivity index (χ2n) is 7.53. The van der Waals surface area contributed by atoms with Gasteiger partial charge >= 0.3 is 0 Å². The highest BCUT2D eigenvalue weighted by molar-refractivity contribution is 9.10. The Morgan fingerprint density at radius 3 is 2.59 bits per heavy atom. The molecule has 0 unspecified atom stereocenters. The minimum Gasteiger partial charge on any atom is -0.337 e. The maximum absolute atomic E-state index is 13.2. The van der Waals surface area contributed by atoms with E-state index in [1.165, 1.54) is 5.56 Å². The van der Waals surface area contributed by atoms with Crippen molar-refractivity contribution < 1.29 is 4.79 Å². The summed E-state index contributed by atoms with van der Waals surface area (Å²) in [5, 5.41) is 0. The Labute approximate surface area is 168 Å². The van der Waals surface area contributed by atoms with E-state index >= 15 is 0 Å². The standard InChI is InChI=1S/C22H24BrN3O/c1-15-12-19(23)21-24-16(2)20(26(21)14-15)22(27)25-10-8-18(9-11-25)13-17-6-4-3-5-7-17/h3-7,12,14,18H,8-11,13H2,1-2H3. The van der Waals surface area contributed by atoms with E-state index in [4.69, 9.17) is 0 Å². The maximum Gasteiger partial charge on any atom is 0.272 e. The third-order valence-electron chi connectivity index (χ3n) is 5.46. The van der Waals surface area contributed by atoms with Gasteiger partial charge in [0.25, 0.3) is 5.91 Å². The van der Waals surface area contributed by atoms with E-state index in [1.54, 1.807) is 0 Å². The van der Waals surface area contributed by atoms with Crippen LogP contribution in [0.3, 0.4) is 0 Å². The van der Waals surface area contributed by atoms with Crippen LogP contribution in [-0.4, -0.2) is 33.3 Å². The van der Waals surface area contributed by atoms with E-state index in [-0.39, 0.29) is 5.91 Å². The van der Waals surface area contributed by atoms with Gasteiger partial charge in [0, 0.05) is 19.3 Å². The first kappa shape index (κ1) is 18.2. The summed E-state index contributed by atoms with van der Waals surface area (Å²) >= 11 is 3.57. The van der Waals surface area contributed by atoms with Crippen molar-refractivity contribution in [3.63, 3.8) is 0 Å². The van der Waals surface area contributed by atoms with Crippen molar-refractivity contribution in [3.05, 3.63) is 69.6 Å². The molecule has 4 rings (SSSR count). The molecule has 1 aliphatic rings. The molecule has 1 amide bonds. The van der Waals surface area contributed by atoms with E-state index in [2.05, 4.69) is 51.2 Å². The molecule has 140 valence electrons. The molecule has 3 aromatic rings. The van der Waals surface area contributed by atoms with Crippen LogP contribution in [0.4, 0.5) is 0 Å². The van der Waals surface area contributed by atoms with Crippen LogP contribution in [0.25, 0.3) is 5.65 Å². The summed E-state index contributed by atoms with van der Waals surface area (Å²) < 4.78 is 2.86. The molecule has 27 heavy (non-hydrogen) atoms. The molecule has 1 aromatic carbocycles. The first-order valence-electron chi connectivity index (χ1n) is 9.51. The lowest BCUT2D eigenvalue weighted by Gasteiger charge is -2.32. The third kappa shape index (κ3) is 3.65. The Bertz CT molecular complexity index is 972. The van der Waals surface area contributed by atoms with Crippen molar-refractivity contribution >= 4 is 27.5 Å². The van der Waals surface area contributed by atoms with E-state index < -0.39 is 0 Å². The molecule has 3 heterocycles. The molecule has 0 saturated carbocycles. The van der Waals surface area contributed by atoms with Crippen molar-refractivity contribution in [2.75, 3.05) is 13.1 Å². The minimum atomic E-state index is 0.0932. The van der Waals surface area contributed by atoms with Crippen molar-refractivity contribution in [3.8, 4) is 0 Å². The zero-order chi connectivity index (χ0) is 19.0. The van der Waals surface area contributed by atoms with Gasteiger partial charge in [0.05, 0.1) is 10.2 Å². The summed E-state index contributed by atoms with van der Waals surface area (Å²) in [6, 6.07) is 12.7. The number of halogens is 1. The van der Waals surface area contributed by atoms with Crippen molar-refractivity contribution in [2.45, 2.75) is 33.1 Å². The summed E-state index contributed by atoms with van der Waals surface area (Å²) in [6.45, 7) is 5.58. The smallest absolute Gasteiger partial charge is 0.272 e. The van der Waals surface area contributed by atoms with Crippen LogP contribution in [-0.2, 0) is 6.42 Å². The molecule has 0 aliphatic carbocycles. The van der Waals surface area contributed by atoms with Gasteiger partial charge in [-0.1, -0.05) is 30.3 Å². The van der Waals surface area contributed by atoms with Gasteiger partial charge in [-0.25, -0.2) is 4.98 Å². The Balaban J connectivity index is 1.50. The number of carbonyl (C=O) groups excluding carboxylic acids is 1. The van der Waals surface area contributed by atoms with Gasteiger partial charge in [-0.3, -0.25) is 9.20 Å². The van der Waals surface area contributed by atoms with Crippen molar-refractivity contribution in [1.82, 2.24) is 14.3 Å². The van der Waals surface area contributed by atoms with Crippen molar-refractivity contribution in [1.29, 1.82) is 0 Å². The second-order valence-corrected chi connectivity index (χ2v) is 8.38. The van der Waals surface area contributed by atoms with E-state index in [0.29, 0.717) is 11.6 Å². The average Bonchev–Trinajstić information content (AvgIpc) is 2.99. The minimum absolute atomic E-state index is 0.0932. The summed E-state index contributed by atoms with van der Waals surface area (Å²) in [7, 11) is 0. The number of likely N-dealkylation sites (tertiary alicyclic amines) is 1. The highest BCUT2D eigenvalue weighted by atomic mass is 79.9. The Morgan fingerprint density at radius 2 is 1.89 bits per heavy atom. The van der Waals surface area contributed by atoms with Crippen molar-refractivity contribution in [2.24, 2.45) is 5.92 Å². The molecule has 4 nitrogen and oxygen atoms in total. The summed E-state index contributed by atoms with van der Waals surface area (Å²) in [5.41, 5.74) is 4.77. The fraction of sp³-hybridized carbons (Fsp3) is 0.364. The Hall–Kier alpha value is -2.14. The van der Waals surface area contributed by atoms with E-state index in [1.807, 2.05) is 35.4 Å². The second kappa shape index (κ2) is 7.47. The van der Waals surface area contributed by atoms with Crippen LogP contribution in [0.2, 0.25) is 0 Å². The summed E-state index contributed by atoms with van der Waals surface area (Å²) in [5.74, 6) is 0.742. The molecule has 0 radical (unpaired) electrons. The number of aryl methyl sites for hydroxylation is 2. The normalized spacial score (nSPS) is 15.4. The van der Waals surface area contributed by atoms with Gasteiger partial charge in [-0.2, -0.15) is 0 Å². The van der Waals surface area contributed by atoms with E-state index in [0.717, 1.165) is 53.7 Å². The van der Waals surface area contributed by atoms with Gasteiger partial charge < -0.3 is 4.90 Å². The molecule has 0 bridgehead atoms. The van der Waals surface area contributed by atoms with Crippen LogP contribution < -0.4 is 0 Å². The Kier molecular flexibility index (Phi) is 5.04. The van der Waals surface area contributed by atoms with Gasteiger partial charge in [0.15, 0.2) is 5.65 Å². The quantitative estimate of drug-likeness (QED) is 0.603. The van der Waals surface area contributed by atoms with Crippen LogP contribution in [0, 0.1) is 19.8 Å². The van der Waals surface area contributed by atoms with Crippen LogP contribution in [0.5, 0.6) is 0 Å². The van der Waals surface area contributed by atoms with Gasteiger partial charge in [-0.15, -0.1) is 0 Å². The number of hydrogen-bond donors (Lipinski definition) is 0. The Morgan fingerprint density at radius 1 is 1.19 bits per heavy atom. The predicted octanol–water partition coefficient (Wildman–Crippen LogP) is 4.81. The molecule has 0 spiro atoms. The summed E-state index contributed by atoms with van der Waals surface area (Å²) in [6.07, 6.45) is 5.21. The first-order valence-corrected chi connectivity index (χ1v) is 10.3. The fourth-order valence-electron chi connectivity index (χ4n) is 4.04. The van der Waals surface area contributed by atoms with Crippen LogP contribution in [0.1, 0.15) is 40.2 Å². The average molecular weight is 426 g/mol. The molecular weight excluding hydrogens is 402 g/mol. The lowest BCUT2D eigenvalue weighted by atomic mass is 9.90. The number of benzene rings is 1. The van der Waals surface area contributed by atoms with Crippen LogP contribution in [0.15, 0.2) is 47.1 Å².